The third-order valence-electron chi connectivity index (χ3n) is 3.52. The van der Waals surface area contributed by atoms with Gasteiger partial charge in [0.15, 0.2) is 5.15 Å². The predicted molar refractivity (Wildman–Crippen MR) is 90.2 cm³/mol. The third-order valence-corrected chi connectivity index (χ3v) is 3.99. The molecule has 0 aliphatic rings. The van der Waals surface area contributed by atoms with E-state index in [1.54, 1.807) is 18.3 Å². The van der Waals surface area contributed by atoms with Crippen molar-refractivity contribution in [3.8, 4) is 22.4 Å². The molecule has 3 aromatic rings. The second-order valence-corrected chi connectivity index (χ2v) is 5.95. The van der Waals surface area contributed by atoms with E-state index in [2.05, 4.69) is 15.2 Å². The predicted octanol–water partition coefficient (Wildman–Crippen LogP) is 5.27. The number of halogens is 3. The lowest BCUT2D eigenvalue weighted by Crippen LogP contribution is -2.00. The van der Waals surface area contributed by atoms with Crippen LogP contribution in [0.4, 0.5) is 4.39 Å². The lowest BCUT2D eigenvalue weighted by Gasteiger charge is -2.14. The van der Waals surface area contributed by atoms with Gasteiger partial charge in [-0.3, -0.25) is 4.98 Å². The lowest BCUT2D eigenvalue weighted by molar-refractivity contribution is 0.628. The smallest absolute Gasteiger partial charge is 0.161 e. The van der Waals surface area contributed by atoms with Crippen molar-refractivity contribution in [1.29, 1.82) is 0 Å². The highest BCUT2D eigenvalue weighted by atomic mass is 35.5. The van der Waals surface area contributed by atoms with Crippen LogP contribution in [0.2, 0.25) is 10.2 Å². The summed E-state index contributed by atoms with van der Waals surface area (Å²) in [6, 6.07) is 7.98. The van der Waals surface area contributed by atoms with Gasteiger partial charge in [0.05, 0.1) is 16.4 Å². The molecular formula is C17H12Cl2FN3. The summed E-state index contributed by atoms with van der Waals surface area (Å²) in [6.45, 7) is 3.73. The summed E-state index contributed by atoms with van der Waals surface area (Å²) in [7, 11) is 0. The molecule has 0 bridgehead atoms. The molecule has 0 radical (unpaired) electrons. The molecule has 116 valence electrons. The Balaban J connectivity index is 2.32. The average Bonchev–Trinajstić information content (AvgIpc) is 2.51. The monoisotopic (exact) mass is 347 g/mol. The number of pyridine rings is 1. The van der Waals surface area contributed by atoms with Crippen LogP contribution in [0.5, 0.6) is 0 Å². The zero-order valence-corrected chi connectivity index (χ0v) is 14.0. The molecule has 1 aromatic carbocycles. The number of aromatic nitrogens is 3. The van der Waals surface area contributed by atoms with Crippen molar-refractivity contribution in [3.05, 3.63) is 63.8 Å². The highest BCUT2D eigenvalue weighted by Crippen LogP contribution is 2.38. The van der Waals surface area contributed by atoms with E-state index in [1.165, 1.54) is 12.1 Å². The molecule has 0 N–H and O–H groups in total. The first kappa shape index (κ1) is 15.8. The molecular weight excluding hydrogens is 336 g/mol. The van der Waals surface area contributed by atoms with Crippen molar-refractivity contribution in [2.24, 2.45) is 0 Å². The van der Waals surface area contributed by atoms with Crippen molar-refractivity contribution < 1.29 is 4.39 Å². The van der Waals surface area contributed by atoms with Crippen LogP contribution in [0.15, 0.2) is 36.5 Å². The van der Waals surface area contributed by atoms with Gasteiger partial charge in [-0.1, -0.05) is 35.3 Å². The highest BCUT2D eigenvalue weighted by Gasteiger charge is 2.19. The Hall–Kier alpha value is -2.04. The van der Waals surface area contributed by atoms with Crippen LogP contribution < -0.4 is 0 Å². The number of benzene rings is 1. The molecule has 2 aromatic heterocycles. The van der Waals surface area contributed by atoms with Crippen LogP contribution >= 0.6 is 23.2 Å². The summed E-state index contributed by atoms with van der Waals surface area (Å²) in [6.07, 6.45) is 1.56. The first-order valence-electron chi connectivity index (χ1n) is 6.88. The Labute approximate surface area is 143 Å². The van der Waals surface area contributed by atoms with E-state index in [4.69, 9.17) is 23.2 Å². The van der Waals surface area contributed by atoms with Crippen LogP contribution in [0.1, 0.15) is 11.3 Å². The molecule has 0 unspecified atom stereocenters. The minimum Gasteiger partial charge on any atom is -0.254 e. The third kappa shape index (κ3) is 3.05. The molecule has 0 aliphatic carbocycles. The lowest BCUT2D eigenvalue weighted by atomic mass is 9.96. The molecule has 0 amide bonds. The van der Waals surface area contributed by atoms with Crippen LogP contribution in [0.25, 0.3) is 22.4 Å². The Morgan fingerprint density at radius 3 is 2.30 bits per heavy atom. The maximum atomic E-state index is 13.2. The SMILES string of the molecule is Cc1cc(Cl)cnc1-c1c(Cl)nnc(C)c1-c1ccc(F)cc1. The fourth-order valence-corrected chi connectivity index (χ4v) is 2.93. The highest BCUT2D eigenvalue weighted by molar-refractivity contribution is 6.33. The van der Waals surface area contributed by atoms with E-state index < -0.39 is 0 Å². The number of rotatable bonds is 2. The average molecular weight is 348 g/mol. The van der Waals surface area contributed by atoms with Crippen molar-refractivity contribution in [2.75, 3.05) is 0 Å². The van der Waals surface area contributed by atoms with Gasteiger partial charge < -0.3 is 0 Å². The Morgan fingerprint density at radius 2 is 1.65 bits per heavy atom. The number of nitrogens with zero attached hydrogens (tertiary/aromatic N) is 3. The molecule has 0 saturated heterocycles. The normalized spacial score (nSPS) is 10.8. The summed E-state index contributed by atoms with van der Waals surface area (Å²) >= 11 is 12.3. The molecule has 3 rings (SSSR count). The van der Waals surface area contributed by atoms with E-state index in [0.29, 0.717) is 22.0 Å². The summed E-state index contributed by atoms with van der Waals surface area (Å²) in [5, 5.41) is 8.86. The van der Waals surface area contributed by atoms with E-state index >= 15 is 0 Å². The van der Waals surface area contributed by atoms with Gasteiger partial charge in [-0.2, -0.15) is 5.10 Å². The summed E-state index contributed by atoms with van der Waals surface area (Å²) in [5.74, 6) is -0.304. The van der Waals surface area contributed by atoms with Crippen LogP contribution in [-0.4, -0.2) is 15.2 Å². The van der Waals surface area contributed by atoms with E-state index in [0.717, 1.165) is 16.7 Å². The van der Waals surface area contributed by atoms with Gasteiger partial charge in [0.25, 0.3) is 0 Å². The molecule has 0 fully saturated rings. The van der Waals surface area contributed by atoms with E-state index in [9.17, 15) is 4.39 Å². The largest absolute Gasteiger partial charge is 0.254 e. The van der Waals surface area contributed by atoms with Gasteiger partial charge in [0.1, 0.15) is 5.82 Å². The van der Waals surface area contributed by atoms with Crippen molar-refractivity contribution >= 4 is 23.2 Å². The quantitative estimate of drug-likeness (QED) is 0.633. The molecule has 0 spiro atoms. The second kappa shape index (κ2) is 6.22. The first-order valence-corrected chi connectivity index (χ1v) is 7.64. The van der Waals surface area contributed by atoms with Gasteiger partial charge >= 0.3 is 0 Å². The van der Waals surface area contributed by atoms with Crippen LogP contribution in [0, 0.1) is 19.7 Å². The summed E-state index contributed by atoms with van der Waals surface area (Å²) in [5.41, 5.74) is 4.48. The zero-order chi connectivity index (χ0) is 16.6. The molecule has 0 atom stereocenters. The van der Waals surface area contributed by atoms with Gasteiger partial charge in [0.2, 0.25) is 0 Å². The van der Waals surface area contributed by atoms with Gasteiger partial charge in [-0.05, 0) is 43.2 Å². The molecule has 6 heteroatoms. The Bertz CT molecular complexity index is 880. The Morgan fingerprint density at radius 1 is 0.957 bits per heavy atom. The van der Waals surface area contributed by atoms with Crippen molar-refractivity contribution in [2.45, 2.75) is 13.8 Å². The van der Waals surface area contributed by atoms with Crippen molar-refractivity contribution in [3.63, 3.8) is 0 Å². The van der Waals surface area contributed by atoms with Crippen LogP contribution in [0.3, 0.4) is 0 Å². The molecule has 0 saturated carbocycles. The van der Waals surface area contributed by atoms with Gasteiger partial charge in [0, 0.05) is 17.3 Å². The minimum absolute atomic E-state index is 0.243. The number of hydrogen-bond donors (Lipinski definition) is 0. The molecule has 0 aliphatic heterocycles. The van der Waals surface area contributed by atoms with Gasteiger partial charge in [-0.25, -0.2) is 4.39 Å². The zero-order valence-electron chi connectivity index (χ0n) is 12.4. The first-order chi connectivity index (χ1) is 11.0. The summed E-state index contributed by atoms with van der Waals surface area (Å²) < 4.78 is 13.2. The number of aryl methyl sites for hydroxylation is 2. The molecule has 23 heavy (non-hydrogen) atoms. The molecule has 3 nitrogen and oxygen atoms in total. The standard InChI is InChI=1S/C17H12Cl2FN3/c1-9-7-12(18)8-21-16(9)15-14(10(2)22-23-17(15)19)11-3-5-13(20)6-4-11/h3-8H,1-2H3. The van der Waals surface area contributed by atoms with Gasteiger partial charge in [-0.15, -0.1) is 5.10 Å². The second-order valence-electron chi connectivity index (χ2n) is 5.15. The number of hydrogen-bond acceptors (Lipinski definition) is 3. The molecule has 2 heterocycles. The fraction of sp³-hybridized carbons (Fsp3) is 0.118. The minimum atomic E-state index is -0.304. The summed E-state index contributed by atoms with van der Waals surface area (Å²) in [4.78, 5) is 4.40. The van der Waals surface area contributed by atoms with Crippen LogP contribution in [-0.2, 0) is 0 Å². The van der Waals surface area contributed by atoms with Crippen molar-refractivity contribution in [1.82, 2.24) is 15.2 Å². The maximum Gasteiger partial charge on any atom is 0.161 e. The fourth-order valence-electron chi connectivity index (χ4n) is 2.49. The Kier molecular flexibility index (Phi) is 4.28. The topological polar surface area (TPSA) is 38.7 Å². The maximum absolute atomic E-state index is 13.2. The van der Waals surface area contributed by atoms with E-state index in [-0.39, 0.29) is 11.0 Å². The van der Waals surface area contributed by atoms with E-state index in [1.807, 2.05) is 19.9 Å².